The van der Waals surface area contributed by atoms with E-state index in [1.54, 1.807) is 30.3 Å². The molecule has 7 heteroatoms. The van der Waals surface area contributed by atoms with Gasteiger partial charge in [-0.1, -0.05) is 84.4 Å². The lowest BCUT2D eigenvalue weighted by atomic mass is 9.55. The van der Waals surface area contributed by atoms with Crippen molar-refractivity contribution in [1.82, 2.24) is 10.0 Å². The Bertz CT molecular complexity index is 1720. The van der Waals surface area contributed by atoms with Gasteiger partial charge in [-0.3, -0.25) is 19.2 Å². The normalized spacial score (nSPS) is 21.5. The van der Waals surface area contributed by atoms with Gasteiger partial charge in [0.15, 0.2) is 5.78 Å². The van der Waals surface area contributed by atoms with E-state index in [2.05, 4.69) is 0 Å². The summed E-state index contributed by atoms with van der Waals surface area (Å²) >= 11 is 6.41. The van der Waals surface area contributed by atoms with Crippen LogP contribution in [0, 0.1) is 25.7 Å². The van der Waals surface area contributed by atoms with E-state index < -0.39 is 36.1 Å². The SMILES string of the molecule is Cc1ccc(C(=O)CN(C(=O)c2ccccc2Cl)N2C(=O)[C@@H]3C4c5ccccc5C(c5ccccc54)[C@H]3C2=O)cc1C. The summed E-state index contributed by atoms with van der Waals surface area (Å²) in [7, 11) is 0. The number of Topliss-reactive ketones (excluding diaryl/α,β-unsaturated/α-hetero) is 1. The van der Waals surface area contributed by atoms with Crippen LogP contribution < -0.4 is 0 Å². The number of carbonyl (C=O) groups is 4. The van der Waals surface area contributed by atoms with Crippen molar-refractivity contribution in [3.63, 3.8) is 0 Å². The zero-order chi connectivity index (χ0) is 29.3. The summed E-state index contributed by atoms with van der Waals surface area (Å²) in [5, 5.41) is 2.12. The van der Waals surface area contributed by atoms with Crippen LogP contribution in [0.15, 0.2) is 91.0 Å². The monoisotopic (exact) mass is 574 g/mol. The highest BCUT2D eigenvalue weighted by atomic mass is 35.5. The number of halogens is 1. The fourth-order valence-electron chi connectivity index (χ4n) is 7.05. The lowest BCUT2D eigenvalue weighted by molar-refractivity contribution is -0.154. The molecule has 4 aliphatic rings. The standard InChI is InChI=1S/C35H27ClN2O4/c1-19-15-16-21(17-20(19)2)28(39)18-37(33(40)26-13-7-8-14-27(26)36)38-34(41)31-29-22-9-3-4-10-23(22)30(32(31)35(38)42)25-12-6-5-11-24(25)29/h3-17,29-32H,18H2,1-2H3/t29?,30?,31-,32-/m1/s1. The predicted octanol–water partition coefficient (Wildman–Crippen LogP) is 6.09. The molecule has 1 fully saturated rings. The molecule has 0 radical (unpaired) electrons. The molecule has 2 atom stereocenters. The molecule has 0 aromatic heterocycles. The van der Waals surface area contributed by atoms with Crippen molar-refractivity contribution in [2.75, 3.05) is 6.54 Å². The molecule has 0 spiro atoms. The number of hydrazine groups is 1. The van der Waals surface area contributed by atoms with Crippen LogP contribution in [0.3, 0.4) is 0 Å². The first kappa shape index (κ1) is 26.4. The topological polar surface area (TPSA) is 74.8 Å². The Balaban J connectivity index is 1.34. The number of hydrogen-bond acceptors (Lipinski definition) is 4. The number of amides is 3. The first-order valence-corrected chi connectivity index (χ1v) is 14.4. The number of imide groups is 1. The highest BCUT2D eigenvalue weighted by molar-refractivity contribution is 6.34. The second-order valence-electron chi connectivity index (χ2n) is 11.3. The summed E-state index contributed by atoms with van der Waals surface area (Å²) in [6.45, 7) is 3.37. The average Bonchev–Trinajstić information content (AvgIpc) is 3.27. The van der Waals surface area contributed by atoms with Crippen LogP contribution >= 0.6 is 11.6 Å². The van der Waals surface area contributed by atoms with Crippen LogP contribution in [0.1, 0.15) is 65.9 Å². The molecular weight excluding hydrogens is 548 g/mol. The number of ketones is 1. The van der Waals surface area contributed by atoms with Gasteiger partial charge in [-0.25, -0.2) is 5.01 Å². The van der Waals surface area contributed by atoms with E-state index in [-0.39, 0.29) is 28.2 Å². The van der Waals surface area contributed by atoms with Crippen LogP contribution in [-0.2, 0) is 9.59 Å². The Hall–Kier alpha value is -4.55. The van der Waals surface area contributed by atoms with Gasteiger partial charge in [-0.15, -0.1) is 0 Å². The van der Waals surface area contributed by atoms with Crippen LogP contribution in [0.25, 0.3) is 0 Å². The summed E-state index contributed by atoms with van der Waals surface area (Å²) in [5.74, 6) is -4.06. The van der Waals surface area contributed by atoms with Gasteiger partial charge in [0.1, 0.15) is 6.54 Å². The van der Waals surface area contributed by atoms with Gasteiger partial charge >= 0.3 is 0 Å². The molecule has 0 N–H and O–H groups in total. The maximum atomic E-state index is 14.4. The van der Waals surface area contributed by atoms with E-state index in [0.29, 0.717) is 5.56 Å². The van der Waals surface area contributed by atoms with Gasteiger partial charge in [-0.05, 0) is 65.4 Å². The smallest absolute Gasteiger partial charge is 0.274 e. The number of hydrogen-bond donors (Lipinski definition) is 0. The van der Waals surface area contributed by atoms with Crippen LogP contribution in [-0.4, -0.2) is 40.1 Å². The molecule has 1 heterocycles. The largest absolute Gasteiger partial charge is 0.292 e. The Morgan fingerprint density at radius 3 is 1.71 bits per heavy atom. The third kappa shape index (κ3) is 3.78. The van der Waals surface area contributed by atoms with E-state index in [1.165, 1.54) is 6.07 Å². The molecule has 1 aliphatic heterocycles. The first-order chi connectivity index (χ1) is 20.3. The van der Waals surface area contributed by atoms with Crippen molar-refractivity contribution in [3.8, 4) is 0 Å². The second-order valence-corrected chi connectivity index (χ2v) is 11.7. The van der Waals surface area contributed by atoms with Crippen molar-refractivity contribution in [3.05, 3.63) is 141 Å². The van der Waals surface area contributed by atoms with E-state index >= 15 is 0 Å². The van der Waals surface area contributed by atoms with Crippen molar-refractivity contribution in [2.45, 2.75) is 25.7 Å². The minimum absolute atomic E-state index is 0.108. The molecule has 4 aromatic carbocycles. The van der Waals surface area contributed by atoms with Crippen LogP contribution in [0.5, 0.6) is 0 Å². The van der Waals surface area contributed by atoms with Crippen molar-refractivity contribution >= 4 is 35.1 Å². The van der Waals surface area contributed by atoms with Crippen molar-refractivity contribution in [1.29, 1.82) is 0 Å². The van der Waals surface area contributed by atoms with Crippen molar-refractivity contribution < 1.29 is 19.2 Å². The van der Waals surface area contributed by atoms with E-state index in [9.17, 15) is 19.2 Å². The molecule has 2 bridgehead atoms. The average molecular weight is 575 g/mol. The quantitative estimate of drug-likeness (QED) is 0.214. The Morgan fingerprint density at radius 1 is 0.714 bits per heavy atom. The number of nitrogens with zero attached hydrogens (tertiary/aromatic N) is 2. The fraction of sp³-hybridized carbons (Fsp3) is 0.200. The molecule has 0 saturated carbocycles. The third-order valence-corrected chi connectivity index (χ3v) is 9.46. The van der Waals surface area contributed by atoms with E-state index in [1.807, 2.05) is 68.4 Å². The van der Waals surface area contributed by atoms with Gasteiger partial charge < -0.3 is 0 Å². The minimum atomic E-state index is -0.689. The molecule has 0 unspecified atom stereocenters. The Morgan fingerprint density at radius 2 is 1.21 bits per heavy atom. The summed E-state index contributed by atoms with van der Waals surface area (Å²) in [6, 6.07) is 27.6. The third-order valence-electron chi connectivity index (χ3n) is 9.13. The van der Waals surface area contributed by atoms with E-state index in [4.69, 9.17) is 11.6 Å². The maximum Gasteiger partial charge on any atom is 0.274 e. The number of carbonyl (C=O) groups excluding carboxylic acids is 4. The minimum Gasteiger partial charge on any atom is -0.292 e. The molecule has 3 aliphatic carbocycles. The lowest BCUT2D eigenvalue weighted by Crippen LogP contribution is -2.52. The summed E-state index contributed by atoms with van der Waals surface area (Å²) in [6.07, 6.45) is 0. The van der Waals surface area contributed by atoms with Gasteiger partial charge in [0.25, 0.3) is 17.7 Å². The molecular formula is C35H27ClN2O4. The van der Waals surface area contributed by atoms with Crippen molar-refractivity contribution in [2.24, 2.45) is 11.8 Å². The Labute approximate surface area is 248 Å². The highest BCUT2D eigenvalue weighted by Crippen LogP contribution is 2.61. The predicted molar refractivity (Wildman–Crippen MR) is 158 cm³/mol. The number of rotatable bonds is 5. The summed E-state index contributed by atoms with van der Waals surface area (Å²) < 4.78 is 0. The zero-order valence-electron chi connectivity index (χ0n) is 23.1. The van der Waals surface area contributed by atoms with Crippen LogP contribution in [0.2, 0.25) is 5.02 Å². The first-order valence-electron chi connectivity index (χ1n) is 14.0. The highest BCUT2D eigenvalue weighted by Gasteiger charge is 2.63. The lowest BCUT2D eigenvalue weighted by Gasteiger charge is -2.45. The van der Waals surface area contributed by atoms with Gasteiger partial charge in [0, 0.05) is 17.4 Å². The molecule has 208 valence electrons. The zero-order valence-corrected chi connectivity index (χ0v) is 23.8. The molecule has 4 aromatic rings. The summed E-state index contributed by atoms with van der Waals surface area (Å²) in [5.41, 5.74) is 6.57. The molecule has 42 heavy (non-hydrogen) atoms. The Kier molecular flexibility index (Phi) is 6.13. The molecule has 8 rings (SSSR count). The second kappa shape index (κ2) is 9.78. The van der Waals surface area contributed by atoms with Crippen LogP contribution in [0.4, 0.5) is 0 Å². The number of aryl methyl sites for hydroxylation is 2. The number of benzene rings is 4. The maximum absolute atomic E-state index is 14.4. The molecule has 6 nitrogen and oxygen atoms in total. The van der Waals surface area contributed by atoms with Gasteiger partial charge in [0.05, 0.1) is 22.4 Å². The fourth-order valence-corrected chi connectivity index (χ4v) is 7.27. The van der Waals surface area contributed by atoms with Gasteiger partial charge in [-0.2, -0.15) is 5.01 Å². The molecule has 3 amide bonds. The van der Waals surface area contributed by atoms with Gasteiger partial charge in [0.2, 0.25) is 0 Å². The molecule has 1 saturated heterocycles. The summed E-state index contributed by atoms with van der Waals surface area (Å²) in [4.78, 5) is 56.6. The van der Waals surface area contributed by atoms with E-state index in [0.717, 1.165) is 43.4 Å².